The second kappa shape index (κ2) is 10.8. The van der Waals surface area contributed by atoms with Crippen LogP contribution in [0.3, 0.4) is 0 Å². The highest BCUT2D eigenvalue weighted by Crippen LogP contribution is 2.88. The summed E-state index contributed by atoms with van der Waals surface area (Å²) in [5, 5.41) is 9.27. The fourth-order valence-corrected chi connectivity index (χ4v) is 30.8. The molecular formula is C74H67BN2. The lowest BCUT2D eigenvalue weighted by molar-refractivity contribution is -0.175. The van der Waals surface area contributed by atoms with Crippen LogP contribution in [0.5, 0.6) is 0 Å². The normalized spacial score (nSPS) is 49.9. The zero-order valence-electron chi connectivity index (χ0n) is 44.7. The molecule has 27 rings (SSSR count). The highest BCUT2D eigenvalue weighted by Gasteiger charge is 2.80. The maximum Gasteiger partial charge on any atom is 0.333 e. The highest BCUT2D eigenvalue weighted by molar-refractivity contribution is 6.90. The Morgan fingerprint density at radius 1 is 0.416 bits per heavy atom. The molecule has 2 aliphatic heterocycles. The van der Waals surface area contributed by atoms with Crippen LogP contribution in [0.15, 0.2) is 91.0 Å². The number of benzene rings is 6. The molecule has 77 heavy (non-hydrogen) atoms. The zero-order chi connectivity index (χ0) is 48.4. The average Bonchev–Trinajstić information content (AvgIpc) is 3.05. The first kappa shape index (κ1) is 38.8. The Morgan fingerprint density at radius 2 is 0.961 bits per heavy atom. The molecule has 17 fully saturated rings. The summed E-state index contributed by atoms with van der Waals surface area (Å²) in [7, 11) is 0. The predicted octanol–water partition coefficient (Wildman–Crippen LogP) is 15.3. The van der Waals surface area contributed by atoms with Crippen LogP contribution in [-0.4, -0.2) is 15.9 Å². The molecule has 2 aromatic heterocycles. The molecular weight excluding hydrogens is 928 g/mol. The van der Waals surface area contributed by atoms with Crippen LogP contribution in [0.25, 0.3) is 71.2 Å². The van der Waals surface area contributed by atoms with Gasteiger partial charge in [-0.3, -0.25) is 0 Å². The lowest BCUT2D eigenvalue weighted by Gasteiger charge is -2.66. The van der Waals surface area contributed by atoms with Crippen LogP contribution < -0.4 is 10.9 Å². The molecule has 17 aliphatic carbocycles. The number of aromatic nitrogens is 2. The molecule has 6 aromatic carbocycles. The molecule has 11 unspecified atom stereocenters. The van der Waals surface area contributed by atoms with E-state index >= 15 is 0 Å². The number of hydrogen-bond acceptors (Lipinski definition) is 0. The molecule has 2 nitrogen and oxygen atoms in total. The third-order valence-electron chi connectivity index (χ3n) is 32.9. The van der Waals surface area contributed by atoms with E-state index in [9.17, 15) is 0 Å². The molecule has 4 spiro atoms. The van der Waals surface area contributed by atoms with Crippen LogP contribution in [-0.2, 0) is 21.7 Å². The summed E-state index contributed by atoms with van der Waals surface area (Å²) in [4.78, 5) is 0. The van der Waals surface area contributed by atoms with Crippen molar-refractivity contribution in [3.05, 3.63) is 113 Å². The first-order valence-electron chi connectivity index (χ1n) is 32.6. The van der Waals surface area contributed by atoms with E-state index in [1.54, 1.807) is 83.3 Å². The van der Waals surface area contributed by atoms with Crippen molar-refractivity contribution in [2.45, 2.75) is 150 Å². The highest BCUT2D eigenvalue weighted by atomic mass is 15.0. The van der Waals surface area contributed by atoms with Gasteiger partial charge in [-0.25, -0.2) is 0 Å². The van der Waals surface area contributed by atoms with Gasteiger partial charge in [0.05, 0.1) is 11.0 Å². The lowest BCUT2D eigenvalue weighted by atomic mass is 9.38. The monoisotopic (exact) mass is 995 g/mol. The van der Waals surface area contributed by atoms with E-state index in [0.717, 1.165) is 81.8 Å². The largest absolute Gasteiger partial charge is 0.375 e. The predicted molar refractivity (Wildman–Crippen MR) is 308 cm³/mol. The summed E-state index contributed by atoms with van der Waals surface area (Å²) in [6.45, 7) is 0.126. The lowest BCUT2D eigenvalue weighted by Crippen LogP contribution is -2.59. The summed E-state index contributed by atoms with van der Waals surface area (Å²) in [5.74, 6) is 12.0. The minimum Gasteiger partial charge on any atom is -0.375 e. The van der Waals surface area contributed by atoms with Gasteiger partial charge in [-0.2, -0.15) is 0 Å². The van der Waals surface area contributed by atoms with Gasteiger partial charge >= 0.3 is 6.85 Å². The van der Waals surface area contributed by atoms with Gasteiger partial charge in [0.1, 0.15) is 0 Å². The Bertz CT molecular complexity index is 4380. The average molecular weight is 995 g/mol. The molecule has 11 atom stereocenters. The molecule has 9 bridgehead atoms. The Labute approximate surface area is 451 Å². The van der Waals surface area contributed by atoms with Crippen LogP contribution in [0.1, 0.15) is 151 Å². The molecule has 0 saturated heterocycles. The van der Waals surface area contributed by atoms with Crippen molar-refractivity contribution in [3.8, 4) is 16.8 Å². The zero-order valence-corrected chi connectivity index (χ0v) is 44.7. The Kier molecular flexibility index (Phi) is 5.45. The van der Waals surface area contributed by atoms with Gasteiger partial charge in [-0.1, -0.05) is 42.5 Å². The summed E-state index contributed by atoms with van der Waals surface area (Å²) in [5.41, 5.74) is 25.1. The maximum atomic E-state index is 3.05. The summed E-state index contributed by atoms with van der Waals surface area (Å²) in [6, 6.07) is 40.7. The van der Waals surface area contributed by atoms with Crippen molar-refractivity contribution >= 4 is 72.2 Å². The van der Waals surface area contributed by atoms with E-state index < -0.39 is 0 Å². The SMILES string of the molecule is c1ccc2c3c4c(cc2c1)-n1c2ccc(C56CC7CC8CC(C5)C87C6)cc2c2cc(C56CC7CC8CC(C5)C87C6)cc(c21)B4n1c2ccc(C45CC6CC7CC(C4)C76C5)cc2c2cc(C45CC6CC7CC6(C4)C7C5)cc-3c21. The summed E-state index contributed by atoms with van der Waals surface area (Å²) in [6.07, 6.45) is 29.8. The number of fused-ring (bicyclic) bond motifs is 16. The molecule has 4 heterocycles. The summed E-state index contributed by atoms with van der Waals surface area (Å²) >= 11 is 0. The molecule has 0 N–H and O–H groups in total. The van der Waals surface area contributed by atoms with E-state index in [-0.39, 0.29) is 6.85 Å². The first-order valence-corrected chi connectivity index (χ1v) is 32.6. The number of hydrogen-bond donors (Lipinski definition) is 0. The van der Waals surface area contributed by atoms with Crippen molar-refractivity contribution in [2.75, 3.05) is 0 Å². The first-order chi connectivity index (χ1) is 37.7. The second-order valence-electron chi connectivity index (χ2n) is 33.6. The third-order valence-corrected chi connectivity index (χ3v) is 32.9. The van der Waals surface area contributed by atoms with Gasteiger partial charge in [-0.15, -0.1) is 0 Å². The van der Waals surface area contributed by atoms with Gasteiger partial charge in [0.2, 0.25) is 0 Å². The van der Waals surface area contributed by atoms with Crippen LogP contribution in [0.4, 0.5) is 0 Å². The van der Waals surface area contributed by atoms with Gasteiger partial charge < -0.3 is 9.05 Å². The van der Waals surface area contributed by atoms with Crippen molar-refractivity contribution in [2.24, 2.45) is 92.7 Å². The van der Waals surface area contributed by atoms with E-state index in [1.807, 2.05) is 0 Å². The van der Waals surface area contributed by atoms with E-state index in [0.29, 0.717) is 32.5 Å². The second-order valence-corrected chi connectivity index (χ2v) is 33.6. The molecule has 0 amide bonds. The fourth-order valence-electron chi connectivity index (χ4n) is 30.8. The van der Waals surface area contributed by atoms with E-state index in [4.69, 9.17) is 0 Å². The standard InChI is InChI=1S/C74H67BN2/c1-2-4-52-36(3-1)10-62-64-63(52)57-21-40(70-24-45-9-37-23-71(45,32-70)58(37)31-70)19-55-54-18-39(68-27-48-13-43-14-49(28-68)73(43,48)34-68)6-8-61(54)77(65(55)57)75(64)59-22-41(69-29-50-15-44-16-51(30-69)74(44,50)35-69)20-56-53-17-38(5-7-60(53)76(62)66(56)59)67-25-46-11-42-12-47(26-67)72(42,46)33-67/h1-8,10,17-22,37,42-51,58H,9,11-16,23-35H2. The van der Waals surface area contributed by atoms with Gasteiger partial charge in [0.15, 0.2) is 0 Å². The number of nitrogens with zero attached hydrogens (tertiary/aromatic N) is 2. The molecule has 0 radical (unpaired) electrons. The van der Waals surface area contributed by atoms with Crippen LogP contribution in [0.2, 0.25) is 0 Å². The molecule has 17 saturated carbocycles. The van der Waals surface area contributed by atoms with Crippen LogP contribution >= 0.6 is 0 Å². The van der Waals surface area contributed by atoms with E-state index in [2.05, 4.69) is 100 Å². The summed E-state index contributed by atoms with van der Waals surface area (Å²) < 4.78 is 5.94. The molecule has 19 aliphatic rings. The van der Waals surface area contributed by atoms with Crippen LogP contribution in [0, 0.1) is 92.7 Å². The quantitative estimate of drug-likeness (QED) is 0.156. The van der Waals surface area contributed by atoms with Crippen molar-refractivity contribution in [1.82, 2.24) is 9.05 Å². The Balaban J connectivity index is 0.788. The maximum absolute atomic E-state index is 3.05. The van der Waals surface area contributed by atoms with E-state index in [1.165, 1.54) is 149 Å². The minimum absolute atomic E-state index is 0.126. The van der Waals surface area contributed by atoms with Crippen molar-refractivity contribution in [3.63, 3.8) is 0 Å². The minimum atomic E-state index is 0.126. The van der Waals surface area contributed by atoms with Gasteiger partial charge in [0, 0.05) is 43.8 Å². The third kappa shape index (κ3) is 3.44. The molecule has 8 aromatic rings. The number of rotatable bonds is 4. The smallest absolute Gasteiger partial charge is 0.333 e. The Hall–Kier alpha value is -4.76. The fraction of sp³-hybridized carbons (Fsp3) is 0.541. The molecule has 3 heteroatoms. The van der Waals surface area contributed by atoms with Gasteiger partial charge in [0.25, 0.3) is 0 Å². The molecule has 376 valence electrons. The topological polar surface area (TPSA) is 9.86 Å². The Morgan fingerprint density at radius 3 is 1.57 bits per heavy atom. The van der Waals surface area contributed by atoms with Crippen molar-refractivity contribution in [1.29, 1.82) is 0 Å². The van der Waals surface area contributed by atoms with Gasteiger partial charge in [-0.05, 0) is 341 Å². The van der Waals surface area contributed by atoms with Crippen molar-refractivity contribution < 1.29 is 0 Å².